The van der Waals surface area contributed by atoms with Crippen molar-refractivity contribution in [1.82, 2.24) is 9.97 Å². The second-order valence-corrected chi connectivity index (χ2v) is 3.06. The molecule has 1 aromatic heterocycles. The molecule has 0 saturated heterocycles. The number of nitrogens with one attached hydrogen (secondary N) is 1. The van der Waals surface area contributed by atoms with E-state index in [9.17, 15) is 4.79 Å². The maximum Gasteiger partial charge on any atom is 0.272 e. The van der Waals surface area contributed by atoms with Crippen LogP contribution in [0.5, 0.6) is 0 Å². The Labute approximate surface area is 80.2 Å². The van der Waals surface area contributed by atoms with Gasteiger partial charge < -0.3 is 10.7 Å². The van der Waals surface area contributed by atoms with Crippen molar-refractivity contribution >= 4 is 11.7 Å². The van der Waals surface area contributed by atoms with Crippen molar-refractivity contribution in [2.45, 2.75) is 0 Å². The molecule has 0 aliphatic carbocycles. The number of amides is 1. The number of aromatic amines is 1. The first-order chi connectivity index (χ1) is 6.68. The van der Waals surface area contributed by atoms with E-state index in [-0.39, 0.29) is 0 Å². The summed E-state index contributed by atoms with van der Waals surface area (Å²) in [6.45, 7) is 1.52. The average Bonchev–Trinajstić information content (AvgIpc) is 2.70. The Hall–Kier alpha value is -1.92. The number of carbonyl (C=O) groups is 1. The summed E-state index contributed by atoms with van der Waals surface area (Å²) in [7, 11) is 1.86. The summed E-state index contributed by atoms with van der Waals surface area (Å²) in [4.78, 5) is 17.7. The van der Waals surface area contributed by atoms with Gasteiger partial charge in [-0.1, -0.05) is 0 Å². The molecule has 7 nitrogen and oxygen atoms in total. The first kappa shape index (κ1) is 8.67. The van der Waals surface area contributed by atoms with Gasteiger partial charge in [-0.3, -0.25) is 4.79 Å². The topological polar surface area (TPSA) is 90.4 Å². The number of hydrogen-bond acceptors (Lipinski definition) is 4. The quantitative estimate of drug-likeness (QED) is 0.613. The SMILES string of the molecule is C[N+]1=NN(c2nc[nH]c2C(N)=O)CC1. The van der Waals surface area contributed by atoms with Gasteiger partial charge in [0.25, 0.3) is 11.7 Å². The number of imidazole rings is 1. The number of nitrogens with two attached hydrogens (primary N) is 1. The third kappa shape index (κ3) is 1.32. The van der Waals surface area contributed by atoms with E-state index >= 15 is 0 Å². The summed E-state index contributed by atoms with van der Waals surface area (Å²) in [5, 5.41) is 5.80. The monoisotopic (exact) mass is 195 g/mol. The molecule has 0 bridgehead atoms. The molecule has 2 rings (SSSR count). The summed E-state index contributed by atoms with van der Waals surface area (Å²) in [5.74, 6) is -0.0379. The maximum atomic E-state index is 11.0. The summed E-state index contributed by atoms with van der Waals surface area (Å²) < 4.78 is 1.78. The average molecular weight is 195 g/mol. The summed E-state index contributed by atoms with van der Waals surface area (Å²) in [5.41, 5.74) is 5.46. The number of primary amides is 1. The van der Waals surface area contributed by atoms with E-state index in [2.05, 4.69) is 15.2 Å². The number of rotatable bonds is 2. The van der Waals surface area contributed by atoms with Crippen molar-refractivity contribution in [3.63, 3.8) is 0 Å². The molecule has 74 valence electrons. The van der Waals surface area contributed by atoms with Gasteiger partial charge in [-0.15, -0.1) is 5.01 Å². The molecule has 7 heteroatoms. The van der Waals surface area contributed by atoms with Crippen LogP contribution in [0.4, 0.5) is 5.82 Å². The number of H-pyrrole nitrogens is 1. The molecule has 1 aliphatic rings. The lowest BCUT2D eigenvalue weighted by atomic mass is 10.4. The third-order valence-corrected chi connectivity index (χ3v) is 2.01. The van der Waals surface area contributed by atoms with E-state index < -0.39 is 5.91 Å². The van der Waals surface area contributed by atoms with Gasteiger partial charge in [0.2, 0.25) is 0 Å². The largest absolute Gasteiger partial charge is 0.364 e. The molecule has 2 heterocycles. The number of nitrogens with zero attached hydrogens (tertiary/aromatic N) is 4. The molecule has 1 aliphatic heterocycles. The molecule has 1 amide bonds. The van der Waals surface area contributed by atoms with Crippen molar-refractivity contribution in [2.75, 3.05) is 25.1 Å². The standard InChI is InChI=1S/C7H10N6O/c1-12-2-3-13(11-12)7-5(6(8)14)9-4-10-7/h4H,2-3H2,1H3,(H2-,8,9,10,11,14)/p+1. The predicted molar refractivity (Wildman–Crippen MR) is 47.9 cm³/mol. The van der Waals surface area contributed by atoms with Crippen LogP contribution < -0.4 is 10.7 Å². The van der Waals surface area contributed by atoms with Gasteiger partial charge in [0.15, 0.2) is 12.2 Å². The van der Waals surface area contributed by atoms with Crippen LogP contribution in [0.15, 0.2) is 11.6 Å². The molecule has 0 saturated carbocycles. The smallest absolute Gasteiger partial charge is 0.272 e. The molecule has 0 fully saturated rings. The zero-order valence-corrected chi connectivity index (χ0v) is 7.77. The Balaban J connectivity index is 2.33. The first-order valence-corrected chi connectivity index (χ1v) is 4.22. The summed E-state index contributed by atoms with van der Waals surface area (Å²) in [6, 6.07) is 0. The molecule has 0 spiro atoms. The Morgan fingerprint density at radius 2 is 2.57 bits per heavy atom. The van der Waals surface area contributed by atoms with E-state index in [1.807, 2.05) is 7.05 Å². The van der Waals surface area contributed by atoms with Gasteiger partial charge in [-0.2, -0.15) is 9.68 Å². The highest BCUT2D eigenvalue weighted by Crippen LogP contribution is 2.17. The fraction of sp³-hybridized carbons (Fsp3) is 0.429. The van der Waals surface area contributed by atoms with Crippen molar-refractivity contribution < 1.29 is 9.49 Å². The number of hydrogen-bond donors (Lipinski definition) is 2. The van der Waals surface area contributed by atoms with Crippen molar-refractivity contribution in [2.24, 2.45) is 11.0 Å². The molecule has 14 heavy (non-hydrogen) atoms. The lowest BCUT2D eigenvalue weighted by molar-refractivity contribution is -0.550. The van der Waals surface area contributed by atoms with Gasteiger partial charge >= 0.3 is 0 Å². The Morgan fingerprint density at radius 3 is 3.14 bits per heavy atom. The Morgan fingerprint density at radius 1 is 1.79 bits per heavy atom. The van der Waals surface area contributed by atoms with E-state index in [0.29, 0.717) is 18.1 Å². The molecule has 0 radical (unpaired) electrons. The Bertz CT molecular complexity index is 395. The number of anilines is 1. The van der Waals surface area contributed by atoms with Crippen LogP contribution in [0.25, 0.3) is 0 Å². The first-order valence-electron chi connectivity index (χ1n) is 4.22. The van der Waals surface area contributed by atoms with Crippen LogP contribution in [0, 0.1) is 0 Å². The lowest BCUT2D eigenvalue weighted by Crippen LogP contribution is -2.20. The van der Waals surface area contributed by atoms with Gasteiger partial charge in [0, 0.05) is 0 Å². The van der Waals surface area contributed by atoms with Crippen LogP contribution in [-0.2, 0) is 0 Å². The van der Waals surface area contributed by atoms with Crippen molar-refractivity contribution in [1.29, 1.82) is 0 Å². The fourth-order valence-corrected chi connectivity index (χ4v) is 1.33. The Kier molecular flexibility index (Phi) is 1.91. The molecular weight excluding hydrogens is 184 g/mol. The summed E-state index contributed by atoms with van der Waals surface area (Å²) in [6.07, 6.45) is 1.43. The maximum absolute atomic E-state index is 11.0. The normalized spacial score (nSPS) is 15.8. The van der Waals surface area contributed by atoms with Crippen molar-refractivity contribution in [3.8, 4) is 0 Å². The van der Waals surface area contributed by atoms with Crippen LogP contribution >= 0.6 is 0 Å². The van der Waals surface area contributed by atoms with Crippen molar-refractivity contribution in [3.05, 3.63) is 12.0 Å². The second kappa shape index (κ2) is 3.09. The molecule has 0 aromatic carbocycles. The molecule has 0 unspecified atom stereocenters. The van der Waals surface area contributed by atoms with E-state index in [1.54, 1.807) is 9.71 Å². The fourth-order valence-electron chi connectivity index (χ4n) is 1.33. The van der Waals surface area contributed by atoms with Crippen LogP contribution in [0.1, 0.15) is 10.5 Å². The second-order valence-electron chi connectivity index (χ2n) is 3.06. The minimum absolute atomic E-state index is 0.295. The third-order valence-electron chi connectivity index (χ3n) is 2.01. The molecule has 0 atom stereocenters. The summed E-state index contributed by atoms with van der Waals surface area (Å²) >= 11 is 0. The molecule has 1 aromatic rings. The minimum Gasteiger partial charge on any atom is -0.364 e. The van der Waals surface area contributed by atoms with Gasteiger partial charge in [-0.25, -0.2) is 0 Å². The number of carbonyl (C=O) groups excluding carboxylic acids is 1. The van der Waals surface area contributed by atoms with Gasteiger partial charge in [0.05, 0.1) is 18.6 Å². The van der Waals surface area contributed by atoms with Crippen LogP contribution in [-0.4, -0.2) is 40.7 Å². The van der Waals surface area contributed by atoms with E-state index in [1.165, 1.54) is 6.33 Å². The van der Waals surface area contributed by atoms with Gasteiger partial charge in [-0.05, 0) is 0 Å². The minimum atomic E-state index is -0.526. The molecule has 3 N–H and O–H groups in total. The number of aromatic nitrogens is 2. The van der Waals surface area contributed by atoms with Crippen LogP contribution in [0.3, 0.4) is 0 Å². The van der Waals surface area contributed by atoms with Gasteiger partial charge in [0.1, 0.15) is 6.54 Å². The zero-order chi connectivity index (χ0) is 10.1. The highest BCUT2D eigenvalue weighted by Gasteiger charge is 2.28. The van der Waals surface area contributed by atoms with E-state index in [4.69, 9.17) is 5.73 Å². The lowest BCUT2D eigenvalue weighted by Gasteiger charge is -1.99. The molecular formula is C7H11N6O+. The highest BCUT2D eigenvalue weighted by molar-refractivity contribution is 5.95. The zero-order valence-electron chi connectivity index (χ0n) is 7.77. The highest BCUT2D eigenvalue weighted by atomic mass is 16.1. The number of likely N-dealkylation sites (N-methyl/N-ethyl adjacent to an activating group) is 1. The van der Waals surface area contributed by atoms with Crippen LogP contribution in [0.2, 0.25) is 0 Å². The predicted octanol–water partition coefficient (Wildman–Crippen LogP) is -0.662. The van der Waals surface area contributed by atoms with E-state index in [0.717, 1.165) is 6.54 Å².